The van der Waals surface area contributed by atoms with Gasteiger partial charge in [0.2, 0.25) is 0 Å². The summed E-state index contributed by atoms with van der Waals surface area (Å²) in [5, 5.41) is 4.22. The second kappa shape index (κ2) is 2.29. The average Bonchev–Trinajstić information content (AvgIpc) is 2.74. The number of nitrogens with zero attached hydrogens (tertiary/aromatic N) is 3. The van der Waals surface area contributed by atoms with Gasteiger partial charge in [0.25, 0.3) is 0 Å². The highest BCUT2D eigenvalue weighted by molar-refractivity contribution is 5.19. The van der Waals surface area contributed by atoms with Crippen LogP contribution in [0.3, 0.4) is 0 Å². The maximum absolute atomic E-state index is 5.70. The Morgan fingerprint density at radius 1 is 1.58 bits per heavy atom. The third-order valence-electron chi connectivity index (χ3n) is 2.59. The topological polar surface area (TPSA) is 56.7 Å². The lowest BCUT2D eigenvalue weighted by molar-refractivity contribution is 0.586. The van der Waals surface area contributed by atoms with Crippen LogP contribution in [0.25, 0.3) is 0 Å². The van der Waals surface area contributed by atoms with Gasteiger partial charge >= 0.3 is 0 Å². The quantitative estimate of drug-likeness (QED) is 0.678. The first-order chi connectivity index (χ1) is 5.68. The van der Waals surface area contributed by atoms with Crippen LogP contribution in [-0.4, -0.2) is 21.3 Å². The van der Waals surface area contributed by atoms with Crippen molar-refractivity contribution in [3.8, 4) is 0 Å². The van der Waals surface area contributed by atoms with E-state index in [0.29, 0.717) is 6.54 Å². The van der Waals surface area contributed by atoms with Gasteiger partial charge in [-0.2, -0.15) is 5.10 Å². The molecule has 0 spiro atoms. The standard InChI is InChI=1S/C8H14N4/c1-6-10-7(12(2)11-6)8(5-9)3-4-8/h3-5,9H2,1-2H3. The van der Waals surface area contributed by atoms with E-state index < -0.39 is 0 Å². The number of aryl methyl sites for hydroxylation is 2. The predicted octanol–water partition coefficient (Wildman–Crippen LogP) is 0.114. The zero-order valence-corrected chi connectivity index (χ0v) is 7.54. The molecule has 4 nitrogen and oxygen atoms in total. The van der Waals surface area contributed by atoms with E-state index in [0.717, 1.165) is 24.5 Å². The summed E-state index contributed by atoms with van der Waals surface area (Å²) in [5.41, 5.74) is 5.86. The molecule has 2 N–H and O–H groups in total. The predicted molar refractivity (Wildman–Crippen MR) is 45.7 cm³/mol. The molecule has 0 saturated heterocycles. The molecule has 0 unspecified atom stereocenters. The molecule has 1 aliphatic carbocycles. The van der Waals surface area contributed by atoms with E-state index in [2.05, 4.69) is 10.1 Å². The fourth-order valence-corrected chi connectivity index (χ4v) is 1.64. The Morgan fingerprint density at radius 3 is 2.58 bits per heavy atom. The minimum absolute atomic E-state index is 0.163. The van der Waals surface area contributed by atoms with Gasteiger partial charge in [-0.1, -0.05) is 0 Å². The van der Waals surface area contributed by atoms with Crippen LogP contribution in [0.15, 0.2) is 0 Å². The highest BCUT2D eigenvalue weighted by Crippen LogP contribution is 2.45. The van der Waals surface area contributed by atoms with Crippen molar-refractivity contribution < 1.29 is 0 Å². The van der Waals surface area contributed by atoms with Crippen LogP contribution in [0.4, 0.5) is 0 Å². The molecule has 0 bridgehead atoms. The first-order valence-electron chi connectivity index (χ1n) is 4.26. The van der Waals surface area contributed by atoms with Gasteiger partial charge in [0.05, 0.1) is 0 Å². The van der Waals surface area contributed by atoms with Gasteiger partial charge in [-0.05, 0) is 19.8 Å². The second-order valence-corrected chi connectivity index (χ2v) is 3.59. The van der Waals surface area contributed by atoms with Gasteiger partial charge < -0.3 is 5.73 Å². The Bertz CT molecular complexity index is 298. The molecule has 1 aromatic rings. The Morgan fingerprint density at radius 2 is 2.25 bits per heavy atom. The maximum Gasteiger partial charge on any atom is 0.147 e. The summed E-state index contributed by atoms with van der Waals surface area (Å²) < 4.78 is 1.86. The minimum Gasteiger partial charge on any atom is -0.329 e. The number of hydrogen-bond acceptors (Lipinski definition) is 3. The van der Waals surface area contributed by atoms with Crippen molar-refractivity contribution in [1.29, 1.82) is 0 Å². The van der Waals surface area contributed by atoms with E-state index in [-0.39, 0.29) is 5.41 Å². The smallest absolute Gasteiger partial charge is 0.147 e. The van der Waals surface area contributed by atoms with Crippen LogP contribution in [0, 0.1) is 6.92 Å². The van der Waals surface area contributed by atoms with Gasteiger partial charge in [-0.15, -0.1) is 0 Å². The summed E-state index contributed by atoms with van der Waals surface area (Å²) in [6, 6.07) is 0. The van der Waals surface area contributed by atoms with Crippen molar-refractivity contribution in [2.24, 2.45) is 12.8 Å². The van der Waals surface area contributed by atoms with E-state index in [1.165, 1.54) is 0 Å². The largest absolute Gasteiger partial charge is 0.329 e. The first-order valence-corrected chi connectivity index (χ1v) is 4.26. The third-order valence-corrected chi connectivity index (χ3v) is 2.59. The van der Waals surface area contributed by atoms with Crippen molar-refractivity contribution in [2.45, 2.75) is 25.2 Å². The molecule has 0 aromatic carbocycles. The van der Waals surface area contributed by atoms with E-state index in [9.17, 15) is 0 Å². The summed E-state index contributed by atoms with van der Waals surface area (Å²) >= 11 is 0. The summed E-state index contributed by atoms with van der Waals surface area (Å²) in [6.07, 6.45) is 2.32. The Balaban J connectivity index is 2.39. The number of rotatable bonds is 2. The molecule has 1 saturated carbocycles. The Labute approximate surface area is 71.8 Å². The lowest BCUT2D eigenvalue weighted by atomic mass is 10.1. The molecule has 66 valence electrons. The summed E-state index contributed by atoms with van der Waals surface area (Å²) in [6.45, 7) is 2.61. The van der Waals surface area contributed by atoms with Crippen LogP contribution >= 0.6 is 0 Å². The van der Waals surface area contributed by atoms with E-state index in [4.69, 9.17) is 5.73 Å². The fraction of sp³-hybridized carbons (Fsp3) is 0.750. The summed E-state index contributed by atoms with van der Waals surface area (Å²) in [7, 11) is 1.94. The van der Waals surface area contributed by atoms with Crippen LogP contribution in [0.5, 0.6) is 0 Å². The Kier molecular flexibility index (Phi) is 1.48. The van der Waals surface area contributed by atoms with Crippen LogP contribution in [0.1, 0.15) is 24.5 Å². The van der Waals surface area contributed by atoms with Gasteiger partial charge in [0, 0.05) is 19.0 Å². The number of hydrogen-bond donors (Lipinski definition) is 1. The molecule has 1 fully saturated rings. The molecule has 1 aliphatic rings. The van der Waals surface area contributed by atoms with Gasteiger partial charge in [0.1, 0.15) is 11.6 Å². The molecule has 2 rings (SSSR count). The highest BCUT2D eigenvalue weighted by Gasteiger charge is 2.46. The zero-order valence-electron chi connectivity index (χ0n) is 7.54. The molecular formula is C8H14N4. The van der Waals surface area contributed by atoms with Crippen molar-refractivity contribution in [3.63, 3.8) is 0 Å². The SMILES string of the molecule is Cc1nc(C2(CN)CC2)n(C)n1. The third kappa shape index (κ3) is 0.948. The molecule has 0 amide bonds. The van der Waals surface area contributed by atoms with Crippen molar-refractivity contribution in [2.75, 3.05) is 6.54 Å². The van der Waals surface area contributed by atoms with E-state index in [1.54, 1.807) is 0 Å². The second-order valence-electron chi connectivity index (χ2n) is 3.59. The van der Waals surface area contributed by atoms with E-state index in [1.807, 2.05) is 18.7 Å². The van der Waals surface area contributed by atoms with Crippen molar-refractivity contribution in [1.82, 2.24) is 14.8 Å². The molecule has 1 heterocycles. The average molecular weight is 166 g/mol. The normalized spacial score (nSPS) is 19.6. The summed E-state index contributed by atoms with van der Waals surface area (Å²) in [4.78, 5) is 4.39. The maximum atomic E-state index is 5.70. The zero-order chi connectivity index (χ0) is 8.77. The lowest BCUT2D eigenvalue weighted by Gasteiger charge is -2.09. The molecule has 1 aromatic heterocycles. The van der Waals surface area contributed by atoms with Crippen LogP contribution in [-0.2, 0) is 12.5 Å². The first kappa shape index (κ1) is 7.73. The molecule has 4 heteroatoms. The van der Waals surface area contributed by atoms with Crippen molar-refractivity contribution >= 4 is 0 Å². The monoisotopic (exact) mass is 166 g/mol. The molecule has 0 radical (unpaired) electrons. The molecule has 0 atom stereocenters. The van der Waals surface area contributed by atoms with Gasteiger partial charge in [0.15, 0.2) is 0 Å². The molecular weight excluding hydrogens is 152 g/mol. The van der Waals surface area contributed by atoms with Crippen LogP contribution < -0.4 is 5.73 Å². The molecule has 0 aliphatic heterocycles. The number of aromatic nitrogens is 3. The van der Waals surface area contributed by atoms with E-state index >= 15 is 0 Å². The number of nitrogens with two attached hydrogens (primary N) is 1. The fourth-order valence-electron chi connectivity index (χ4n) is 1.64. The minimum atomic E-state index is 0.163. The van der Waals surface area contributed by atoms with Gasteiger partial charge in [-0.25, -0.2) is 4.98 Å². The van der Waals surface area contributed by atoms with Gasteiger partial charge in [-0.3, -0.25) is 4.68 Å². The molecule has 12 heavy (non-hydrogen) atoms. The lowest BCUT2D eigenvalue weighted by Crippen LogP contribution is -2.23. The van der Waals surface area contributed by atoms with Crippen LogP contribution in [0.2, 0.25) is 0 Å². The Hall–Kier alpha value is -0.900. The van der Waals surface area contributed by atoms with Crippen molar-refractivity contribution in [3.05, 3.63) is 11.6 Å². The highest BCUT2D eigenvalue weighted by atomic mass is 15.3. The summed E-state index contributed by atoms with van der Waals surface area (Å²) in [5.74, 6) is 1.90.